The third kappa shape index (κ3) is 5.94. The number of rotatable bonds is 8. The first-order chi connectivity index (χ1) is 14.4. The van der Waals surface area contributed by atoms with Crippen LogP contribution in [0, 0.1) is 3.57 Å². The van der Waals surface area contributed by atoms with Gasteiger partial charge in [-0.15, -0.1) is 10.2 Å². The van der Waals surface area contributed by atoms with Crippen LogP contribution in [0.15, 0.2) is 54.2 Å². The summed E-state index contributed by atoms with van der Waals surface area (Å²) in [6, 6.07) is 12.0. The largest absolute Gasteiger partial charge is 0.493 e. The summed E-state index contributed by atoms with van der Waals surface area (Å²) in [4.78, 5) is 0. The molecular formula is C22H25IN4O3. The van der Waals surface area contributed by atoms with Crippen molar-refractivity contribution in [2.45, 2.75) is 26.2 Å². The van der Waals surface area contributed by atoms with Crippen molar-refractivity contribution in [3.63, 3.8) is 0 Å². The number of hydrogen-bond acceptors (Lipinski definition) is 6. The van der Waals surface area contributed by atoms with Crippen molar-refractivity contribution in [2.75, 3.05) is 20.3 Å². The Morgan fingerprint density at radius 1 is 1.03 bits per heavy atom. The SMILES string of the molecule is COc1cc(C=Nn2cnnc2)cc(I)c1OCCOc1ccc(C(C)(C)C)cc1. The van der Waals surface area contributed by atoms with Gasteiger partial charge in [0.1, 0.15) is 31.6 Å². The second-order valence-corrected chi connectivity index (χ2v) is 8.75. The van der Waals surface area contributed by atoms with Crippen molar-refractivity contribution in [2.24, 2.45) is 5.10 Å². The van der Waals surface area contributed by atoms with Crippen molar-refractivity contribution in [1.82, 2.24) is 14.9 Å². The molecule has 1 heterocycles. The Morgan fingerprint density at radius 3 is 2.33 bits per heavy atom. The number of nitrogens with zero attached hydrogens (tertiary/aromatic N) is 4. The first-order valence-corrected chi connectivity index (χ1v) is 10.6. The van der Waals surface area contributed by atoms with Gasteiger partial charge in [-0.1, -0.05) is 32.9 Å². The van der Waals surface area contributed by atoms with Crippen LogP contribution < -0.4 is 14.2 Å². The predicted molar refractivity (Wildman–Crippen MR) is 125 cm³/mol. The monoisotopic (exact) mass is 520 g/mol. The summed E-state index contributed by atoms with van der Waals surface area (Å²) in [5, 5.41) is 11.7. The molecule has 0 N–H and O–H groups in total. The summed E-state index contributed by atoms with van der Waals surface area (Å²) in [7, 11) is 1.62. The van der Waals surface area contributed by atoms with E-state index in [2.05, 4.69) is 70.8 Å². The molecule has 0 radical (unpaired) electrons. The molecule has 1 aromatic heterocycles. The van der Waals surface area contributed by atoms with Crippen molar-refractivity contribution in [3.8, 4) is 17.2 Å². The fraction of sp³-hybridized carbons (Fsp3) is 0.318. The lowest BCUT2D eigenvalue weighted by Gasteiger charge is -2.19. The van der Waals surface area contributed by atoms with E-state index in [9.17, 15) is 0 Å². The van der Waals surface area contributed by atoms with Gasteiger partial charge in [0.15, 0.2) is 11.5 Å². The molecule has 0 bridgehead atoms. The summed E-state index contributed by atoms with van der Waals surface area (Å²) in [5.41, 5.74) is 2.28. The van der Waals surface area contributed by atoms with E-state index in [-0.39, 0.29) is 5.41 Å². The van der Waals surface area contributed by atoms with Crippen molar-refractivity contribution in [1.29, 1.82) is 0 Å². The molecule has 3 rings (SSSR count). The highest BCUT2D eigenvalue weighted by atomic mass is 127. The van der Waals surface area contributed by atoms with Crippen LogP contribution in [-0.4, -0.2) is 41.4 Å². The van der Waals surface area contributed by atoms with E-state index in [1.54, 1.807) is 13.3 Å². The zero-order valence-electron chi connectivity index (χ0n) is 17.5. The Labute approximate surface area is 190 Å². The van der Waals surface area contributed by atoms with Crippen LogP contribution >= 0.6 is 22.6 Å². The maximum atomic E-state index is 5.94. The molecule has 158 valence electrons. The number of ether oxygens (including phenoxy) is 3. The maximum absolute atomic E-state index is 5.94. The molecular weight excluding hydrogens is 495 g/mol. The van der Waals surface area contributed by atoms with Gasteiger partial charge >= 0.3 is 0 Å². The summed E-state index contributed by atoms with van der Waals surface area (Å²) in [6.45, 7) is 7.42. The van der Waals surface area contributed by atoms with Crippen molar-refractivity contribution >= 4 is 28.8 Å². The molecule has 7 nitrogen and oxygen atoms in total. The summed E-state index contributed by atoms with van der Waals surface area (Å²) < 4.78 is 19.7. The fourth-order valence-electron chi connectivity index (χ4n) is 2.70. The smallest absolute Gasteiger partial charge is 0.174 e. The predicted octanol–water partition coefficient (Wildman–Crippen LogP) is 4.53. The molecule has 8 heteroatoms. The molecule has 0 spiro atoms. The molecule has 3 aromatic rings. The number of halogens is 1. The van der Waals surface area contributed by atoms with Gasteiger partial charge in [0.05, 0.1) is 16.9 Å². The minimum absolute atomic E-state index is 0.126. The van der Waals surface area contributed by atoms with E-state index < -0.39 is 0 Å². The van der Waals surface area contributed by atoms with Gasteiger partial charge in [-0.05, 0) is 63.4 Å². The van der Waals surface area contributed by atoms with Gasteiger partial charge in [0.25, 0.3) is 0 Å². The third-order valence-electron chi connectivity index (χ3n) is 4.32. The molecule has 2 aromatic carbocycles. The molecule has 0 aliphatic carbocycles. The Hall–Kier alpha value is -2.62. The highest BCUT2D eigenvalue weighted by Crippen LogP contribution is 2.33. The standard InChI is InChI=1S/C22H25IN4O3/c1-22(2,3)17-5-7-18(8-6-17)29-9-10-30-21-19(23)11-16(12-20(21)28-4)13-26-27-14-24-25-15-27/h5-8,11-15H,9-10H2,1-4H3. The normalized spacial score (nSPS) is 11.6. The van der Waals surface area contributed by atoms with Crippen LogP contribution in [0.4, 0.5) is 0 Å². The molecule has 0 unspecified atom stereocenters. The molecule has 0 saturated carbocycles. The second-order valence-electron chi connectivity index (χ2n) is 7.59. The van der Waals surface area contributed by atoms with Gasteiger partial charge in [0, 0.05) is 0 Å². The lowest BCUT2D eigenvalue weighted by Crippen LogP contribution is -2.12. The topological polar surface area (TPSA) is 70.8 Å². The first-order valence-electron chi connectivity index (χ1n) is 9.49. The highest BCUT2D eigenvalue weighted by molar-refractivity contribution is 14.1. The number of benzene rings is 2. The van der Waals surface area contributed by atoms with Gasteiger partial charge in [-0.25, -0.2) is 4.68 Å². The second kappa shape index (κ2) is 9.92. The molecule has 0 aliphatic rings. The van der Waals surface area contributed by atoms with Crippen LogP contribution in [-0.2, 0) is 5.41 Å². The maximum Gasteiger partial charge on any atom is 0.174 e. The number of methoxy groups -OCH3 is 1. The Balaban J connectivity index is 1.58. The van der Waals surface area contributed by atoms with Crippen LogP contribution in [0.3, 0.4) is 0 Å². The van der Waals surface area contributed by atoms with Gasteiger partial charge < -0.3 is 14.2 Å². The van der Waals surface area contributed by atoms with Crippen molar-refractivity contribution < 1.29 is 14.2 Å². The quantitative estimate of drug-likeness (QED) is 0.248. The third-order valence-corrected chi connectivity index (χ3v) is 5.12. The van der Waals surface area contributed by atoms with Crippen LogP contribution in [0.25, 0.3) is 0 Å². The minimum atomic E-state index is 0.126. The molecule has 0 amide bonds. The van der Waals surface area contributed by atoms with E-state index in [1.807, 2.05) is 24.3 Å². The number of aromatic nitrogens is 3. The van der Waals surface area contributed by atoms with E-state index in [4.69, 9.17) is 14.2 Å². The van der Waals surface area contributed by atoms with E-state index >= 15 is 0 Å². The summed E-state index contributed by atoms with van der Waals surface area (Å²) >= 11 is 2.22. The lowest BCUT2D eigenvalue weighted by atomic mass is 9.87. The van der Waals surface area contributed by atoms with Gasteiger partial charge in [-0.2, -0.15) is 5.10 Å². The average Bonchev–Trinajstić information content (AvgIpc) is 3.23. The summed E-state index contributed by atoms with van der Waals surface area (Å²) in [6.07, 6.45) is 4.75. The zero-order valence-corrected chi connectivity index (χ0v) is 19.7. The molecule has 0 atom stereocenters. The zero-order chi connectivity index (χ0) is 21.6. The van der Waals surface area contributed by atoms with E-state index in [1.165, 1.54) is 22.9 Å². The Bertz CT molecular complexity index is 981. The van der Waals surface area contributed by atoms with Gasteiger partial charge in [-0.3, -0.25) is 0 Å². The first kappa shape index (κ1) is 22.1. The minimum Gasteiger partial charge on any atom is -0.493 e. The average molecular weight is 520 g/mol. The number of hydrogen-bond donors (Lipinski definition) is 0. The fourth-order valence-corrected chi connectivity index (χ4v) is 3.48. The van der Waals surface area contributed by atoms with E-state index in [0.29, 0.717) is 24.7 Å². The molecule has 0 saturated heterocycles. The lowest BCUT2D eigenvalue weighted by molar-refractivity contribution is 0.210. The summed E-state index contributed by atoms with van der Waals surface area (Å²) in [5.74, 6) is 2.15. The van der Waals surface area contributed by atoms with Crippen LogP contribution in [0.1, 0.15) is 31.9 Å². The molecule has 30 heavy (non-hydrogen) atoms. The molecule has 0 fully saturated rings. The Morgan fingerprint density at radius 2 is 1.70 bits per heavy atom. The van der Waals surface area contributed by atoms with E-state index in [0.717, 1.165) is 14.9 Å². The van der Waals surface area contributed by atoms with Gasteiger partial charge in [0.2, 0.25) is 0 Å². The molecule has 0 aliphatic heterocycles. The van der Waals surface area contributed by atoms with Crippen molar-refractivity contribution in [3.05, 3.63) is 63.7 Å². The van der Waals surface area contributed by atoms with Crippen LogP contribution in [0.2, 0.25) is 0 Å². The Kier molecular flexibility index (Phi) is 7.30. The highest BCUT2D eigenvalue weighted by Gasteiger charge is 2.13. The van der Waals surface area contributed by atoms with Crippen LogP contribution in [0.5, 0.6) is 17.2 Å².